The van der Waals surface area contributed by atoms with Gasteiger partial charge < -0.3 is 49.1 Å². The van der Waals surface area contributed by atoms with Crippen molar-refractivity contribution in [2.45, 2.75) is 44.3 Å². The second-order valence-corrected chi connectivity index (χ2v) is 5.06. The highest BCUT2D eigenvalue weighted by Crippen LogP contribution is 1.94. The third-order valence-corrected chi connectivity index (χ3v) is 2.39. The number of aliphatic carboxylic acids is 4. The second kappa shape index (κ2) is 16.5. The van der Waals surface area contributed by atoms with Gasteiger partial charge >= 0.3 is 23.9 Å². The topological polar surface area (TPSA) is 292 Å². The quantitative estimate of drug-likeness (QED) is 0.105. The predicted molar refractivity (Wildman–Crippen MR) is 94.7 cm³/mol. The Morgan fingerprint density at radius 2 is 1.26 bits per heavy atom. The maximum Gasteiger partial charge on any atom is 0.321 e. The molecule has 0 fully saturated rings. The molecule has 0 saturated carbocycles. The summed E-state index contributed by atoms with van der Waals surface area (Å²) in [5.74, 6) is -4.45. The summed E-state index contributed by atoms with van der Waals surface area (Å²) in [7, 11) is 0. The Kier molecular flexibility index (Phi) is 17.6. The normalized spacial score (nSPS) is 12.6. The smallest absolute Gasteiger partial charge is 0.321 e. The van der Waals surface area contributed by atoms with E-state index in [1.807, 2.05) is 0 Å². The molecule has 0 saturated heterocycles. The van der Waals surface area contributed by atoms with E-state index in [1.54, 1.807) is 0 Å². The minimum Gasteiger partial charge on any atom is -0.481 e. The fourth-order valence-electron chi connectivity index (χ4n) is 0.918. The van der Waals surface area contributed by atoms with Crippen LogP contribution >= 0.6 is 0 Å². The summed E-state index contributed by atoms with van der Waals surface area (Å²) in [5.41, 5.74) is 25.0. The van der Waals surface area contributed by atoms with Gasteiger partial charge in [-0.15, -0.1) is 0 Å². The molecule has 0 aliphatic rings. The van der Waals surface area contributed by atoms with E-state index >= 15 is 0 Å². The van der Waals surface area contributed by atoms with Gasteiger partial charge in [-0.3, -0.25) is 24.2 Å². The number of rotatable bonds is 9. The number of nitrogens with two attached hydrogens (primary N) is 5. The zero-order valence-electron chi connectivity index (χ0n) is 14.8. The molecule has 0 aromatic heterocycles. The van der Waals surface area contributed by atoms with E-state index in [0.717, 1.165) is 0 Å². The Hall–Kier alpha value is -2.97. The van der Waals surface area contributed by atoms with Crippen LogP contribution in [0.25, 0.3) is 0 Å². The molecular formula is C13H28N6O8. The number of carbonyl (C=O) groups is 4. The molecule has 0 aromatic carbocycles. The van der Waals surface area contributed by atoms with Gasteiger partial charge in [-0.1, -0.05) is 0 Å². The summed E-state index contributed by atoms with van der Waals surface area (Å²) in [6.45, 7) is 1.84. The molecule has 158 valence electrons. The highest BCUT2D eigenvalue weighted by Gasteiger charge is 2.14. The van der Waals surface area contributed by atoms with Gasteiger partial charge in [-0.2, -0.15) is 0 Å². The largest absolute Gasteiger partial charge is 0.481 e. The maximum absolute atomic E-state index is 10.2. The molecule has 0 aromatic rings. The van der Waals surface area contributed by atoms with Gasteiger partial charge in [0.05, 0.1) is 6.42 Å². The Morgan fingerprint density at radius 1 is 0.852 bits per heavy atom. The Labute approximate surface area is 155 Å². The van der Waals surface area contributed by atoms with Crippen molar-refractivity contribution in [1.29, 1.82) is 0 Å². The molecule has 0 bridgehead atoms. The lowest BCUT2D eigenvalue weighted by molar-refractivity contribution is -0.144. The number of nitrogens with zero attached hydrogens (tertiary/aromatic N) is 1. The molecule has 3 atom stereocenters. The first kappa shape index (κ1) is 28.8. The molecule has 0 heterocycles. The molecule has 0 radical (unpaired) electrons. The number of carboxylic acid groups (broad SMARTS) is 4. The van der Waals surface area contributed by atoms with E-state index in [0.29, 0.717) is 19.4 Å². The second-order valence-electron chi connectivity index (χ2n) is 5.06. The van der Waals surface area contributed by atoms with Crippen molar-refractivity contribution in [3.05, 3.63) is 0 Å². The average Bonchev–Trinajstić information content (AvgIpc) is 2.51. The van der Waals surface area contributed by atoms with Crippen LogP contribution in [0.5, 0.6) is 0 Å². The summed E-state index contributed by atoms with van der Waals surface area (Å²) < 4.78 is 0. The third kappa shape index (κ3) is 25.4. The lowest BCUT2D eigenvalue weighted by Gasteiger charge is -2.03. The van der Waals surface area contributed by atoms with Crippen LogP contribution in [0.3, 0.4) is 0 Å². The minimum atomic E-state index is -1.29. The van der Waals surface area contributed by atoms with Crippen LogP contribution < -0.4 is 28.7 Å². The van der Waals surface area contributed by atoms with Gasteiger partial charge in [-0.25, -0.2) is 0 Å². The van der Waals surface area contributed by atoms with E-state index in [9.17, 15) is 19.2 Å². The monoisotopic (exact) mass is 396 g/mol. The van der Waals surface area contributed by atoms with Crippen LogP contribution in [0, 0.1) is 0 Å². The molecule has 0 aliphatic carbocycles. The average molecular weight is 396 g/mol. The number of hydrogen-bond donors (Lipinski definition) is 9. The molecule has 0 spiro atoms. The Bertz CT molecular complexity index is 507. The fourth-order valence-corrected chi connectivity index (χ4v) is 0.918. The Morgan fingerprint density at radius 3 is 1.48 bits per heavy atom. The summed E-state index contributed by atoms with van der Waals surface area (Å²) in [5, 5.41) is 32.3. The first-order valence-electron chi connectivity index (χ1n) is 7.44. The van der Waals surface area contributed by atoms with Crippen LogP contribution in [0.1, 0.15) is 26.2 Å². The number of aliphatic imine (C=N–C) groups is 1. The highest BCUT2D eigenvalue weighted by molar-refractivity contribution is 5.80. The standard InChI is InChI=1S/C6H14N4O2.C4H7NO4.C3H7NO2/c7-4(5(11)12)2-1-3-10-6(8)9;5-2(4(8)9)1-3(6)7;1-2(4)3(5)6/h4H,1-3,7H2,(H,11,12)(H4,8,9,10);2H,1,5H2,(H,6,7)(H,8,9);2H,4H2,1H3,(H,5,6). The zero-order chi connectivity index (χ0) is 22.2. The molecule has 0 rings (SSSR count). The molecule has 14 heteroatoms. The van der Waals surface area contributed by atoms with E-state index in [-0.39, 0.29) is 5.96 Å². The van der Waals surface area contributed by atoms with Gasteiger partial charge in [0.25, 0.3) is 0 Å². The lowest BCUT2D eigenvalue weighted by Crippen LogP contribution is -2.32. The predicted octanol–water partition coefficient (Wildman–Crippen LogP) is -3.26. The lowest BCUT2D eigenvalue weighted by atomic mass is 10.2. The van der Waals surface area contributed by atoms with Crippen LogP contribution in [-0.4, -0.2) is 74.9 Å². The highest BCUT2D eigenvalue weighted by atomic mass is 16.4. The van der Waals surface area contributed by atoms with Gasteiger partial charge in [0.2, 0.25) is 0 Å². The molecule has 0 amide bonds. The number of hydrogen-bond acceptors (Lipinski definition) is 8. The third-order valence-electron chi connectivity index (χ3n) is 2.39. The molecule has 0 aliphatic heterocycles. The van der Waals surface area contributed by atoms with Crippen molar-refractivity contribution in [1.82, 2.24) is 0 Å². The van der Waals surface area contributed by atoms with Crippen LogP contribution in [0.15, 0.2) is 4.99 Å². The van der Waals surface area contributed by atoms with E-state index in [1.165, 1.54) is 6.92 Å². The van der Waals surface area contributed by atoms with Crippen molar-refractivity contribution in [2.75, 3.05) is 6.54 Å². The molecule has 3 unspecified atom stereocenters. The van der Waals surface area contributed by atoms with Crippen molar-refractivity contribution in [3.63, 3.8) is 0 Å². The van der Waals surface area contributed by atoms with E-state index in [2.05, 4.69) is 4.99 Å². The Balaban J connectivity index is -0.000000340. The maximum atomic E-state index is 10.2. The SMILES string of the molecule is CC(N)C(=O)O.NC(CC(=O)O)C(=O)O.NC(N)=NCCCC(N)C(=O)O. The van der Waals surface area contributed by atoms with Crippen molar-refractivity contribution in [2.24, 2.45) is 33.7 Å². The molecule has 14 N–H and O–H groups in total. The van der Waals surface area contributed by atoms with Gasteiger partial charge in [0, 0.05) is 6.54 Å². The van der Waals surface area contributed by atoms with Gasteiger partial charge in [-0.05, 0) is 19.8 Å². The van der Waals surface area contributed by atoms with E-state index in [4.69, 9.17) is 49.1 Å². The van der Waals surface area contributed by atoms with Crippen LogP contribution in [-0.2, 0) is 19.2 Å². The summed E-state index contributed by atoms with van der Waals surface area (Å²) in [6.07, 6.45) is 0.423. The minimum absolute atomic E-state index is 0.0129. The fraction of sp³-hybridized carbons (Fsp3) is 0.615. The number of guanidine groups is 1. The van der Waals surface area contributed by atoms with Crippen LogP contribution in [0.4, 0.5) is 0 Å². The molecular weight excluding hydrogens is 368 g/mol. The zero-order valence-corrected chi connectivity index (χ0v) is 14.8. The number of carboxylic acids is 4. The van der Waals surface area contributed by atoms with Gasteiger partial charge in [0.15, 0.2) is 5.96 Å². The van der Waals surface area contributed by atoms with E-state index < -0.39 is 48.4 Å². The molecule has 27 heavy (non-hydrogen) atoms. The first-order valence-corrected chi connectivity index (χ1v) is 7.44. The van der Waals surface area contributed by atoms with Crippen molar-refractivity contribution < 1.29 is 39.6 Å². The van der Waals surface area contributed by atoms with Crippen molar-refractivity contribution in [3.8, 4) is 0 Å². The van der Waals surface area contributed by atoms with Crippen LogP contribution in [0.2, 0.25) is 0 Å². The molecule has 14 nitrogen and oxygen atoms in total. The first-order chi connectivity index (χ1) is 12.2. The van der Waals surface area contributed by atoms with Crippen molar-refractivity contribution >= 4 is 29.8 Å². The summed E-state index contributed by atoms with van der Waals surface area (Å²) in [6, 6.07) is -2.84. The summed E-state index contributed by atoms with van der Waals surface area (Å²) >= 11 is 0. The summed E-state index contributed by atoms with van der Waals surface area (Å²) in [4.78, 5) is 43.1. The van der Waals surface area contributed by atoms with Gasteiger partial charge in [0.1, 0.15) is 18.1 Å².